The summed E-state index contributed by atoms with van der Waals surface area (Å²) in [6.07, 6.45) is 1.64. The molecule has 0 fully saturated rings. The summed E-state index contributed by atoms with van der Waals surface area (Å²) in [4.78, 5) is 24.7. The summed E-state index contributed by atoms with van der Waals surface area (Å²) >= 11 is 0. The maximum atomic E-state index is 13.0. The molecule has 4 nitrogen and oxygen atoms in total. The Morgan fingerprint density at radius 3 is 2.28 bits per heavy atom. The van der Waals surface area contributed by atoms with Crippen molar-refractivity contribution in [2.24, 2.45) is 0 Å². The number of fused-ring (bicyclic) bond motifs is 1. The number of aryl methyl sites for hydroxylation is 1. The number of carbonyl (C=O) groups is 2. The number of carbonyl (C=O) groups excluding carboxylic acids is 2. The Labute approximate surface area is 166 Å². The molecule has 0 unspecified atom stereocenters. The minimum absolute atomic E-state index is 0.0757. The van der Waals surface area contributed by atoms with Gasteiger partial charge >= 0.3 is 5.97 Å². The molecule has 0 bridgehead atoms. The van der Waals surface area contributed by atoms with Crippen molar-refractivity contribution in [2.45, 2.75) is 13.3 Å². The van der Waals surface area contributed by atoms with Gasteiger partial charge in [0, 0.05) is 22.1 Å². The molecule has 0 spiro atoms. The molecule has 0 saturated carbocycles. The van der Waals surface area contributed by atoms with Gasteiger partial charge in [-0.2, -0.15) is 0 Å². The number of rotatable bonds is 5. The molecular formula is C24H17FO4. The van der Waals surface area contributed by atoms with Gasteiger partial charge < -0.3 is 9.15 Å². The third kappa shape index (κ3) is 4.09. The van der Waals surface area contributed by atoms with Crippen LogP contribution < -0.4 is 4.74 Å². The number of furan rings is 1. The number of esters is 1. The Kier molecular flexibility index (Phi) is 4.96. The van der Waals surface area contributed by atoms with Crippen molar-refractivity contribution in [3.63, 3.8) is 0 Å². The Balaban J connectivity index is 1.43. The van der Waals surface area contributed by atoms with Crippen LogP contribution in [0.2, 0.25) is 0 Å². The summed E-state index contributed by atoms with van der Waals surface area (Å²) in [6.45, 7) is 1.97. The van der Waals surface area contributed by atoms with E-state index in [-0.39, 0.29) is 12.2 Å². The van der Waals surface area contributed by atoms with Crippen LogP contribution in [0.5, 0.6) is 5.75 Å². The van der Waals surface area contributed by atoms with Crippen molar-refractivity contribution in [3.8, 4) is 5.75 Å². The predicted molar refractivity (Wildman–Crippen MR) is 107 cm³/mol. The van der Waals surface area contributed by atoms with E-state index < -0.39 is 11.8 Å². The van der Waals surface area contributed by atoms with Gasteiger partial charge in [-0.25, -0.2) is 4.39 Å². The highest BCUT2D eigenvalue weighted by atomic mass is 19.1. The second kappa shape index (κ2) is 7.72. The summed E-state index contributed by atoms with van der Waals surface area (Å²) in [6, 6.07) is 17.4. The minimum Gasteiger partial charge on any atom is -0.464 e. The van der Waals surface area contributed by atoms with Crippen LogP contribution in [0.3, 0.4) is 0 Å². The first-order valence-electron chi connectivity index (χ1n) is 9.07. The van der Waals surface area contributed by atoms with Crippen molar-refractivity contribution < 1.29 is 23.1 Å². The first kappa shape index (κ1) is 18.6. The Morgan fingerprint density at radius 2 is 1.59 bits per heavy atom. The van der Waals surface area contributed by atoms with Gasteiger partial charge in [0.2, 0.25) is 0 Å². The average molecular weight is 388 g/mol. The zero-order chi connectivity index (χ0) is 20.4. The lowest BCUT2D eigenvalue weighted by Crippen LogP contribution is -2.11. The van der Waals surface area contributed by atoms with Gasteiger partial charge in [0.1, 0.15) is 17.1 Å². The molecule has 0 aliphatic carbocycles. The molecule has 0 aliphatic rings. The van der Waals surface area contributed by atoms with Crippen LogP contribution in [0.4, 0.5) is 4.39 Å². The predicted octanol–water partition coefficient (Wildman–Crippen LogP) is 5.26. The minimum atomic E-state index is -0.425. The van der Waals surface area contributed by atoms with Gasteiger partial charge in [0.25, 0.3) is 0 Å². The summed E-state index contributed by atoms with van der Waals surface area (Å²) in [5.74, 6) is -0.715. The third-order valence-electron chi connectivity index (χ3n) is 4.60. The summed E-state index contributed by atoms with van der Waals surface area (Å²) in [7, 11) is 0. The van der Waals surface area contributed by atoms with Gasteiger partial charge in [-0.05, 0) is 67.1 Å². The standard InChI is InChI=1S/C24H17FO4/c1-15-2-11-21-18(14-28-22(21)12-15)13-23(26)29-20-9-5-17(6-10-20)24(27)16-3-7-19(25)8-4-16/h2-12,14H,13H2,1H3. The highest BCUT2D eigenvalue weighted by molar-refractivity contribution is 6.09. The molecule has 29 heavy (non-hydrogen) atoms. The number of ketones is 1. The summed E-state index contributed by atoms with van der Waals surface area (Å²) in [5, 5.41) is 0.882. The largest absolute Gasteiger partial charge is 0.464 e. The fourth-order valence-electron chi connectivity index (χ4n) is 3.09. The molecule has 5 heteroatoms. The van der Waals surface area contributed by atoms with Crippen LogP contribution in [-0.4, -0.2) is 11.8 Å². The molecule has 1 heterocycles. The zero-order valence-electron chi connectivity index (χ0n) is 15.6. The maximum Gasteiger partial charge on any atom is 0.315 e. The lowest BCUT2D eigenvalue weighted by Gasteiger charge is -2.06. The Morgan fingerprint density at radius 1 is 0.931 bits per heavy atom. The van der Waals surface area contributed by atoms with E-state index in [2.05, 4.69) is 0 Å². The second-order valence-electron chi connectivity index (χ2n) is 6.77. The van der Waals surface area contributed by atoms with Crippen molar-refractivity contribution in [3.05, 3.63) is 101 Å². The smallest absolute Gasteiger partial charge is 0.315 e. The molecule has 0 saturated heterocycles. The molecular weight excluding hydrogens is 371 g/mol. The van der Waals surface area contributed by atoms with E-state index in [1.807, 2.05) is 25.1 Å². The van der Waals surface area contributed by atoms with Crippen molar-refractivity contribution in [1.29, 1.82) is 0 Å². The molecule has 0 N–H and O–H groups in total. The fourth-order valence-corrected chi connectivity index (χ4v) is 3.09. The van der Waals surface area contributed by atoms with Gasteiger partial charge in [-0.1, -0.05) is 12.1 Å². The Bertz CT molecular complexity index is 1190. The van der Waals surface area contributed by atoms with Crippen molar-refractivity contribution >= 4 is 22.7 Å². The van der Waals surface area contributed by atoms with Crippen molar-refractivity contribution in [2.75, 3.05) is 0 Å². The highest BCUT2D eigenvalue weighted by Crippen LogP contribution is 2.23. The molecule has 0 atom stereocenters. The maximum absolute atomic E-state index is 13.0. The van der Waals surface area contributed by atoms with Crippen LogP contribution in [0.25, 0.3) is 11.0 Å². The number of halogens is 1. The topological polar surface area (TPSA) is 56.5 Å². The summed E-state index contributed by atoms with van der Waals surface area (Å²) < 4.78 is 23.9. The molecule has 1 aromatic heterocycles. The number of hydrogen-bond acceptors (Lipinski definition) is 4. The average Bonchev–Trinajstić information content (AvgIpc) is 3.10. The van der Waals surface area contributed by atoms with Crippen LogP contribution in [0, 0.1) is 12.7 Å². The first-order chi connectivity index (χ1) is 14.0. The highest BCUT2D eigenvalue weighted by Gasteiger charge is 2.14. The molecule has 3 aromatic carbocycles. The molecule has 0 aliphatic heterocycles. The van der Waals surface area contributed by atoms with Gasteiger partial charge in [0.05, 0.1) is 12.7 Å². The molecule has 0 radical (unpaired) electrons. The Hall–Kier alpha value is -3.73. The molecule has 4 rings (SSSR count). The van der Waals surface area contributed by atoms with E-state index in [1.54, 1.807) is 30.5 Å². The summed E-state index contributed by atoms with van der Waals surface area (Å²) in [5.41, 5.74) is 3.38. The lowest BCUT2D eigenvalue weighted by atomic mass is 10.0. The van der Waals surface area contributed by atoms with E-state index in [4.69, 9.17) is 9.15 Å². The van der Waals surface area contributed by atoms with Crippen LogP contribution in [0.1, 0.15) is 27.0 Å². The van der Waals surface area contributed by atoms with Gasteiger partial charge in [-0.3, -0.25) is 9.59 Å². The van der Waals surface area contributed by atoms with E-state index in [0.29, 0.717) is 16.9 Å². The van der Waals surface area contributed by atoms with Gasteiger partial charge in [0.15, 0.2) is 5.78 Å². The monoisotopic (exact) mass is 388 g/mol. The quantitative estimate of drug-likeness (QED) is 0.266. The molecule has 4 aromatic rings. The zero-order valence-corrected chi connectivity index (χ0v) is 15.6. The van der Waals surface area contributed by atoms with E-state index in [0.717, 1.165) is 22.1 Å². The molecule has 144 valence electrons. The van der Waals surface area contributed by atoms with E-state index in [1.165, 1.54) is 24.3 Å². The number of ether oxygens (including phenoxy) is 1. The van der Waals surface area contributed by atoms with E-state index >= 15 is 0 Å². The number of benzene rings is 3. The molecule has 0 amide bonds. The first-order valence-corrected chi connectivity index (χ1v) is 9.07. The van der Waals surface area contributed by atoms with E-state index in [9.17, 15) is 14.0 Å². The second-order valence-corrected chi connectivity index (χ2v) is 6.77. The van der Waals surface area contributed by atoms with Crippen LogP contribution in [-0.2, 0) is 11.2 Å². The fraction of sp³-hybridized carbons (Fsp3) is 0.0833. The van der Waals surface area contributed by atoms with Crippen LogP contribution in [0.15, 0.2) is 77.4 Å². The lowest BCUT2D eigenvalue weighted by molar-refractivity contribution is -0.133. The normalized spacial score (nSPS) is 10.8. The van der Waals surface area contributed by atoms with Crippen molar-refractivity contribution in [1.82, 2.24) is 0 Å². The van der Waals surface area contributed by atoms with Crippen LogP contribution >= 0.6 is 0 Å². The number of hydrogen-bond donors (Lipinski definition) is 0. The third-order valence-corrected chi connectivity index (χ3v) is 4.60. The SMILES string of the molecule is Cc1ccc2c(CC(=O)Oc3ccc(C(=O)c4ccc(F)cc4)cc3)coc2c1. The van der Waals surface area contributed by atoms with Gasteiger partial charge in [-0.15, -0.1) is 0 Å².